The molecule has 0 saturated carbocycles. The molecule has 0 aliphatic heterocycles. The van der Waals surface area contributed by atoms with Crippen molar-refractivity contribution in [1.29, 1.82) is 0 Å². The Morgan fingerprint density at radius 2 is 2.00 bits per heavy atom. The smallest absolute Gasteiger partial charge is 0.316 e. The van der Waals surface area contributed by atoms with E-state index in [0.29, 0.717) is 17.2 Å². The molecular weight excluding hydrogens is 255 g/mol. The first-order chi connectivity index (χ1) is 9.65. The van der Waals surface area contributed by atoms with E-state index >= 15 is 0 Å². The van der Waals surface area contributed by atoms with Gasteiger partial charge in [0.25, 0.3) is 4.92 Å². The van der Waals surface area contributed by atoms with Gasteiger partial charge in [-0.05, 0) is 24.6 Å². The minimum atomic E-state index is 0.455. The summed E-state index contributed by atoms with van der Waals surface area (Å²) in [6.07, 6.45) is 0. The first-order valence-corrected chi connectivity index (χ1v) is 6.96. The minimum absolute atomic E-state index is 0.455. The summed E-state index contributed by atoms with van der Waals surface area (Å²) in [7, 11) is 3.26. The van der Waals surface area contributed by atoms with Gasteiger partial charge in [0.15, 0.2) is 14.4 Å². The minimum Gasteiger partial charge on any atom is -0.493 e. The van der Waals surface area contributed by atoms with E-state index < -0.39 is 0 Å². The molecule has 0 aliphatic rings. The van der Waals surface area contributed by atoms with Crippen LogP contribution in [0.2, 0.25) is 6.82 Å². The molecule has 0 aromatic heterocycles. The topological polar surface area (TPSA) is 41.8 Å². The van der Waals surface area contributed by atoms with Gasteiger partial charge in [-0.15, -0.1) is 0 Å². The fraction of sp³-hybridized carbons (Fsp3) is 0.571. The lowest BCUT2D eigenvalue weighted by Gasteiger charge is -2.18. The summed E-state index contributed by atoms with van der Waals surface area (Å²) in [4.78, 5) is 18.8. The summed E-state index contributed by atoms with van der Waals surface area (Å²) < 4.78 is 5.80. The third kappa shape index (κ3) is 4.52. The molecule has 1 rings (SSSR count). The molecule has 0 N–H and O–H groups in total. The van der Waals surface area contributed by atoms with Crippen LogP contribution < -0.4 is 10.2 Å². The highest BCUT2D eigenvalue weighted by molar-refractivity contribution is 6.53. The summed E-state index contributed by atoms with van der Waals surface area (Å²) in [6.45, 7) is 9.75. The Morgan fingerprint density at radius 1 is 1.30 bits per heavy atom. The molecule has 0 amide bonds. The summed E-state index contributed by atoms with van der Waals surface area (Å²) in [6, 6.07) is 5.25. The average Bonchev–Trinajstić information content (AvgIpc) is 2.50. The van der Waals surface area contributed by atoms with Crippen LogP contribution >= 0.6 is 0 Å². The summed E-state index contributed by atoms with van der Waals surface area (Å²) in [5.41, 5.74) is 1.34. The molecule has 1 radical (unpaired) electrons. The van der Waals surface area contributed by atoms with Gasteiger partial charge in [-0.25, -0.2) is 4.84 Å². The van der Waals surface area contributed by atoms with Crippen molar-refractivity contribution in [3.05, 3.63) is 23.1 Å². The molecule has 0 heterocycles. The molecule has 6 heteroatoms. The molecule has 0 aliphatic carbocycles. The monoisotopic (exact) mass is 278 g/mol. The van der Waals surface area contributed by atoms with E-state index in [1.165, 1.54) is 7.11 Å². The third-order valence-corrected chi connectivity index (χ3v) is 3.24. The zero-order valence-corrected chi connectivity index (χ0v) is 12.8. The molecular formula is C14H23BN2O3+. The van der Waals surface area contributed by atoms with Gasteiger partial charge in [-0.2, -0.15) is 0 Å². The molecule has 1 aromatic rings. The van der Waals surface area contributed by atoms with E-state index in [1.807, 2.05) is 14.1 Å². The van der Waals surface area contributed by atoms with Crippen molar-refractivity contribution in [2.24, 2.45) is 0 Å². The van der Waals surface area contributed by atoms with E-state index in [1.54, 1.807) is 18.2 Å². The molecule has 0 bridgehead atoms. The van der Waals surface area contributed by atoms with Crippen molar-refractivity contribution < 1.29 is 14.5 Å². The van der Waals surface area contributed by atoms with Crippen LogP contribution in [0.1, 0.15) is 13.8 Å². The summed E-state index contributed by atoms with van der Waals surface area (Å²) in [5.74, 6) is 0.785. The van der Waals surface area contributed by atoms with Gasteiger partial charge < -0.3 is 9.64 Å². The Kier molecular flexibility index (Phi) is 7.08. The van der Waals surface area contributed by atoms with Gasteiger partial charge >= 0.3 is 5.69 Å². The largest absolute Gasteiger partial charge is 0.493 e. The predicted molar refractivity (Wildman–Crippen MR) is 81.3 cm³/mol. The Balaban J connectivity index is 2.68. The SMILES string of the molecule is C[B]c1cc([N+](=O)OC)ccc1OCCN(CC)CC. The second kappa shape index (κ2) is 8.58. The van der Waals surface area contributed by atoms with Crippen LogP contribution in [0, 0.1) is 4.91 Å². The maximum Gasteiger partial charge on any atom is 0.316 e. The highest BCUT2D eigenvalue weighted by Gasteiger charge is 2.16. The van der Waals surface area contributed by atoms with Crippen LogP contribution in [0.5, 0.6) is 5.75 Å². The molecule has 20 heavy (non-hydrogen) atoms. The normalized spacial score (nSPS) is 10.4. The lowest BCUT2D eigenvalue weighted by atomic mass is 9.72. The first kappa shape index (κ1) is 16.5. The van der Waals surface area contributed by atoms with Crippen LogP contribution in [0.15, 0.2) is 18.2 Å². The Labute approximate surface area is 121 Å². The number of hydrogen-bond acceptors (Lipinski definition) is 4. The Hall–Kier alpha value is -1.56. The highest BCUT2D eigenvalue weighted by Crippen LogP contribution is 2.15. The van der Waals surface area contributed by atoms with E-state index in [4.69, 9.17) is 4.74 Å². The Bertz CT molecular complexity index is 436. The quantitative estimate of drug-likeness (QED) is 0.510. The molecule has 0 spiro atoms. The van der Waals surface area contributed by atoms with E-state index in [2.05, 4.69) is 23.6 Å². The number of likely N-dealkylation sites (N-methyl/N-ethyl adjacent to an activating group) is 1. The molecule has 0 atom stereocenters. The number of rotatable bonds is 9. The molecule has 0 saturated heterocycles. The van der Waals surface area contributed by atoms with Crippen LogP contribution in [-0.2, 0) is 4.84 Å². The third-order valence-electron chi connectivity index (χ3n) is 3.24. The van der Waals surface area contributed by atoms with Crippen molar-refractivity contribution >= 4 is 18.4 Å². The van der Waals surface area contributed by atoms with Crippen molar-refractivity contribution in [2.75, 3.05) is 33.4 Å². The fourth-order valence-electron chi connectivity index (χ4n) is 1.94. The van der Waals surface area contributed by atoms with E-state index in [-0.39, 0.29) is 0 Å². The van der Waals surface area contributed by atoms with Crippen LogP contribution in [0.25, 0.3) is 0 Å². The second-order valence-corrected chi connectivity index (χ2v) is 4.33. The maximum atomic E-state index is 11.4. The van der Waals surface area contributed by atoms with Crippen molar-refractivity contribution in [2.45, 2.75) is 20.7 Å². The highest BCUT2D eigenvalue weighted by atomic mass is 16.8. The maximum absolute atomic E-state index is 11.4. The van der Waals surface area contributed by atoms with Gasteiger partial charge in [0, 0.05) is 18.7 Å². The summed E-state index contributed by atoms with van der Waals surface area (Å²) >= 11 is 0. The first-order valence-electron chi connectivity index (χ1n) is 6.96. The van der Waals surface area contributed by atoms with E-state index in [0.717, 1.165) is 30.8 Å². The molecule has 5 nitrogen and oxygen atoms in total. The molecule has 0 fully saturated rings. The second-order valence-electron chi connectivity index (χ2n) is 4.33. The summed E-state index contributed by atoms with van der Waals surface area (Å²) in [5, 5.41) is 0. The Morgan fingerprint density at radius 3 is 2.55 bits per heavy atom. The number of hydrogen-bond donors (Lipinski definition) is 0. The molecule has 1 aromatic carbocycles. The van der Waals surface area contributed by atoms with Gasteiger partial charge in [-0.1, -0.05) is 20.7 Å². The lowest BCUT2D eigenvalue weighted by molar-refractivity contribution is -0.736. The average molecular weight is 278 g/mol. The van der Waals surface area contributed by atoms with Gasteiger partial charge in [0.05, 0.1) is 4.91 Å². The zero-order valence-electron chi connectivity index (χ0n) is 12.8. The predicted octanol–water partition coefficient (Wildman–Crippen LogP) is 1.76. The van der Waals surface area contributed by atoms with E-state index in [9.17, 15) is 4.91 Å². The van der Waals surface area contributed by atoms with Gasteiger partial charge in [-0.3, -0.25) is 0 Å². The number of ether oxygens (including phenoxy) is 1. The van der Waals surface area contributed by atoms with Crippen molar-refractivity contribution in [3.8, 4) is 5.75 Å². The fourth-order valence-corrected chi connectivity index (χ4v) is 1.94. The van der Waals surface area contributed by atoms with Crippen molar-refractivity contribution in [3.63, 3.8) is 0 Å². The number of nitrogens with zero attached hydrogens (tertiary/aromatic N) is 2. The van der Waals surface area contributed by atoms with Crippen molar-refractivity contribution in [1.82, 2.24) is 4.90 Å². The van der Waals surface area contributed by atoms with Gasteiger partial charge in [0.2, 0.25) is 0 Å². The van der Waals surface area contributed by atoms with Crippen LogP contribution in [-0.4, -0.2) is 50.5 Å². The standard InChI is InChI=1S/C14H23BN2O3/c1-5-16(6-2)9-10-20-14-8-7-12(17(18)19-4)11-13(14)15-3/h7-8,11H,5-6,9-10H2,1-4H3/q+1. The van der Waals surface area contributed by atoms with Crippen LogP contribution in [0.4, 0.5) is 5.69 Å². The zero-order chi connectivity index (χ0) is 15.0. The lowest BCUT2D eigenvalue weighted by Crippen LogP contribution is -2.29. The van der Waals surface area contributed by atoms with Gasteiger partial charge in [0.1, 0.15) is 12.4 Å². The number of benzene rings is 1. The van der Waals surface area contributed by atoms with Crippen LogP contribution in [0.3, 0.4) is 0 Å². The molecule has 109 valence electrons. The molecule has 0 unspecified atom stereocenters.